The van der Waals surface area contributed by atoms with Crippen molar-refractivity contribution in [1.29, 1.82) is 0 Å². The minimum absolute atomic E-state index is 0.0360. The maximum Gasteiger partial charge on any atom is 0.196 e. The van der Waals surface area contributed by atoms with Gasteiger partial charge in [-0.15, -0.1) is 0 Å². The molecule has 0 aliphatic carbocycles. The fourth-order valence-corrected chi connectivity index (χ4v) is 1.50. The van der Waals surface area contributed by atoms with Gasteiger partial charge < -0.3 is 14.2 Å². The Labute approximate surface area is 83.1 Å². The van der Waals surface area contributed by atoms with Gasteiger partial charge in [0.05, 0.1) is 6.61 Å². The van der Waals surface area contributed by atoms with Crippen molar-refractivity contribution in [3.63, 3.8) is 0 Å². The zero-order valence-electron chi connectivity index (χ0n) is 8.15. The summed E-state index contributed by atoms with van der Waals surface area (Å²) in [6.07, 6.45) is 3.68. The highest BCUT2D eigenvalue weighted by Crippen LogP contribution is 2.15. The highest BCUT2D eigenvalue weighted by atomic mass is 17.3. The van der Waals surface area contributed by atoms with Gasteiger partial charge in [-0.3, -0.25) is 0 Å². The Morgan fingerprint density at radius 2 is 2.21 bits per heavy atom. The number of ether oxygens (including phenoxy) is 3. The zero-order valence-corrected chi connectivity index (χ0v) is 8.15. The molecule has 5 nitrogen and oxygen atoms in total. The fraction of sp³-hybridized carbons (Fsp3) is 1.00. The van der Waals surface area contributed by atoms with Crippen LogP contribution >= 0.6 is 0 Å². The van der Waals surface area contributed by atoms with Crippen LogP contribution in [0.1, 0.15) is 25.7 Å². The first-order valence-electron chi connectivity index (χ1n) is 5.08. The van der Waals surface area contributed by atoms with E-state index in [0.717, 1.165) is 19.4 Å². The first-order valence-corrected chi connectivity index (χ1v) is 5.08. The second-order valence-electron chi connectivity index (χ2n) is 3.38. The van der Waals surface area contributed by atoms with E-state index in [1.54, 1.807) is 0 Å². The fourth-order valence-electron chi connectivity index (χ4n) is 1.50. The summed E-state index contributed by atoms with van der Waals surface area (Å²) in [4.78, 5) is 9.39. The highest BCUT2D eigenvalue weighted by molar-refractivity contribution is 4.54. The molecular weight excluding hydrogens is 188 g/mol. The SMILES string of the molecule is C1CCC(OCCC2OCOO2)OC1. The van der Waals surface area contributed by atoms with Crippen LogP contribution < -0.4 is 0 Å². The summed E-state index contributed by atoms with van der Waals surface area (Å²) >= 11 is 0. The molecule has 14 heavy (non-hydrogen) atoms. The molecule has 0 bridgehead atoms. The van der Waals surface area contributed by atoms with Gasteiger partial charge in [0.25, 0.3) is 0 Å². The maximum atomic E-state index is 5.51. The Hall–Kier alpha value is -0.200. The molecule has 2 aliphatic rings. The Bertz CT molecular complexity index is 151. The molecule has 2 saturated heterocycles. The topological polar surface area (TPSA) is 46.2 Å². The summed E-state index contributed by atoms with van der Waals surface area (Å²) in [7, 11) is 0. The number of hydrogen-bond donors (Lipinski definition) is 0. The first-order chi connectivity index (χ1) is 6.95. The van der Waals surface area contributed by atoms with Gasteiger partial charge in [0, 0.05) is 13.0 Å². The molecular formula is C9H16O5. The third kappa shape index (κ3) is 3.18. The second-order valence-corrected chi connectivity index (χ2v) is 3.38. The van der Waals surface area contributed by atoms with E-state index in [1.807, 2.05) is 0 Å². The molecule has 2 atom stereocenters. The lowest BCUT2D eigenvalue weighted by atomic mass is 10.2. The van der Waals surface area contributed by atoms with Gasteiger partial charge in [-0.25, -0.2) is 9.78 Å². The molecule has 2 fully saturated rings. The average molecular weight is 204 g/mol. The minimum Gasteiger partial charge on any atom is -0.353 e. The predicted molar refractivity (Wildman–Crippen MR) is 46.1 cm³/mol. The van der Waals surface area contributed by atoms with Crippen molar-refractivity contribution in [1.82, 2.24) is 0 Å². The smallest absolute Gasteiger partial charge is 0.196 e. The van der Waals surface area contributed by atoms with Crippen LogP contribution in [-0.2, 0) is 24.0 Å². The Balaban J connectivity index is 1.52. The molecule has 0 aromatic heterocycles. The van der Waals surface area contributed by atoms with E-state index in [4.69, 9.17) is 19.1 Å². The van der Waals surface area contributed by atoms with Gasteiger partial charge in [0.2, 0.25) is 0 Å². The van der Waals surface area contributed by atoms with E-state index >= 15 is 0 Å². The van der Waals surface area contributed by atoms with Crippen LogP contribution in [0, 0.1) is 0 Å². The van der Waals surface area contributed by atoms with E-state index in [9.17, 15) is 0 Å². The van der Waals surface area contributed by atoms with Crippen molar-refractivity contribution in [2.24, 2.45) is 0 Å². The third-order valence-corrected chi connectivity index (χ3v) is 2.27. The molecule has 0 N–H and O–H groups in total. The summed E-state index contributed by atoms with van der Waals surface area (Å²) in [6.45, 7) is 1.60. The van der Waals surface area contributed by atoms with Crippen LogP contribution in [0.25, 0.3) is 0 Å². The molecule has 0 amide bonds. The van der Waals surface area contributed by atoms with Crippen LogP contribution in [0.4, 0.5) is 0 Å². The van der Waals surface area contributed by atoms with Gasteiger partial charge in [0.15, 0.2) is 19.4 Å². The molecule has 82 valence electrons. The zero-order chi connectivity index (χ0) is 9.64. The molecule has 2 rings (SSSR count). The van der Waals surface area contributed by atoms with Crippen molar-refractivity contribution in [2.45, 2.75) is 38.3 Å². The molecule has 2 heterocycles. The van der Waals surface area contributed by atoms with Crippen LogP contribution in [0.15, 0.2) is 0 Å². The first kappa shape index (κ1) is 10.3. The van der Waals surface area contributed by atoms with Crippen molar-refractivity contribution in [3.05, 3.63) is 0 Å². The molecule has 0 aromatic rings. The third-order valence-electron chi connectivity index (χ3n) is 2.27. The van der Waals surface area contributed by atoms with Gasteiger partial charge >= 0.3 is 0 Å². The summed E-state index contributed by atoms with van der Waals surface area (Å²) < 4.78 is 16.0. The van der Waals surface area contributed by atoms with Crippen molar-refractivity contribution in [2.75, 3.05) is 20.0 Å². The van der Waals surface area contributed by atoms with E-state index in [-0.39, 0.29) is 19.4 Å². The molecule has 5 heteroatoms. The second kappa shape index (κ2) is 5.63. The largest absolute Gasteiger partial charge is 0.353 e. The van der Waals surface area contributed by atoms with Crippen molar-refractivity contribution >= 4 is 0 Å². The Kier molecular flexibility index (Phi) is 4.15. The summed E-state index contributed by atoms with van der Waals surface area (Å²) in [5.41, 5.74) is 0. The quantitative estimate of drug-likeness (QED) is 0.643. The molecule has 0 radical (unpaired) electrons. The van der Waals surface area contributed by atoms with Crippen LogP contribution in [-0.4, -0.2) is 32.6 Å². The van der Waals surface area contributed by atoms with Gasteiger partial charge in [-0.1, -0.05) is 0 Å². The van der Waals surface area contributed by atoms with Gasteiger partial charge in [-0.05, 0) is 19.3 Å². The lowest BCUT2D eigenvalue weighted by Crippen LogP contribution is -2.24. The van der Waals surface area contributed by atoms with E-state index < -0.39 is 0 Å². The molecule has 0 aromatic carbocycles. The molecule has 0 saturated carbocycles. The predicted octanol–water partition coefficient (Wildman–Crippen LogP) is 1.18. The van der Waals surface area contributed by atoms with Gasteiger partial charge in [0.1, 0.15) is 0 Å². The Morgan fingerprint density at radius 1 is 1.21 bits per heavy atom. The van der Waals surface area contributed by atoms with E-state index in [1.165, 1.54) is 6.42 Å². The van der Waals surface area contributed by atoms with Crippen molar-refractivity contribution in [3.8, 4) is 0 Å². The van der Waals surface area contributed by atoms with Gasteiger partial charge in [-0.2, -0.15) is 0 Å². The van der Waals surface area contributed by atoms with E-state index in [0.29, 0.717) is 13.0 Å². The standard InChI is InChI=1S/C9H16O5/c1-2-5-10-8(3-1)11-6-4-9-12-7-13-14-9/h8-9H,1-7H2. The summed E-state index contributed by atoms with van der Waals surface area (Å²) in [5, 5.41) is 0. The molecule has 0 spiro atoms. The molecule has 2 aliphatic heterocycles. The highest BCUT2D eigenvalue weighted by Gasteiger charge is 2.19. The lowest BCUT2D eigenvalue weighted by Gasteiger charge is -2.22. The normalized spacial score (nSPS) is 33.4. The van der Waals surface area contributed by atoms with E-state index in [2.05, 4.69) is 4.89 Å². The lowest BCUT2D eigenvalue weighted by molar-refractivity contribution is -0.281. The average Bonchev–Trinajstić information content (AvgIpc) is 2.72. The van der Waals surface area contributed by atoms with Crippen molar-refractivity contribution < 1.29 is 24.0 Å². The Morgan fingerprint density at radius 3 is 2.93 bits per heavy atom. The number of hydrogen-bond acceptors (Lipinski definition) is 5. The van der Waals surface area contributed by atoms with Crippen LogP contribution in [0.2, 0.25) is 0 Å². The monoisotopic (exact) mass is 204 g/mol. The summed E-state index contributed by atoms with van der Waals surface area (Å²) in [5.74, 6) is 0. The van der Waals surface area contributed by atoms with Crippen LogP contribution in [0.3, 0.4) is 0 Å². The molecule has 2 unspecified atom stereocenters. The maximum absolute atomic E-state index is 5.51. The number of rotatable bonds is 4. The van der Waals surface area contributed by atoms with Crippen LogP contribution in [0.5, 0.6) is 0 Å². The summed E-state index contributed by atoms with van der Waals surface area (Å²) in [6, 6.07) is 0. The minimum atomic E-state index is -0.279.